The van der Waals surface area contributed by atoms with E-state index in [9.17, 15) is 9.59 Å². The van der Waals surface area contributed by atoms with Crippen molar-refractivity contribution in [3.63, 3.8) is 0 Å². The van der Waals surface area contributed by atoms with E-state index in [1.54, 1.807) is 18.9 Å². The van der Waals surface area contributed by atoms with Crippen molar-refractivity contribution in [1.29, 1.82) is 0 Å². The first kappa shape index (κ1) is 13.9. The van der Waals surface area contributed by atoms with Crippen molar-refractivity contribution in [3.05, 3.63) is 0 Å². The van der Waals surface area contributed by atoms with Gasteiger partial charge in [-0.25, -0.2) is 0 Å². The van der Waals surface area contributed by atoms with Gasteiger partial charge in [-0.15, -0.1) is 0 Å². The van der Waals surface area contributed by atoms with Gasteiger partial charge in [0.25, 0.3) is 5.91 Å². The van der Waals surface area contributed by atoms with E-state index in [2.05, 4.69) is 4.74 Å². The van der Waals surface area contributed by atoms with Gasteiger partial charge < -0.3 is 14.4 Å². The number of rotatable bonds is 6. The Labute approximate surface area is 90.3 Å². The Morgan fingerprint density at radius 2 is 1.93 bits per heavy atom. The summed E-state index contributed by atoms with van der Waals surface area (Å²) in [7, 11) is 4.53. The summed E-state index contributed by atoms with van der Waals surface area (Å²) in [5.74, 6) is -0.335. The Morgan fingerprint density at radius 1 is 1.33 bits per heavy atom. The quantitative estimate of drug-likeness (QED) is 0.605. The molecule has 1 unspecified atom stereocenters. The lowest BCUT2D eigenvalue weighted by atomic mass is 10.2. The third kappa shape index (κ3) is 5.37. The van der Waals surface area contributed by atoms with Crippen LogP contribution in [0.5, 0.6) is 0 Å². The number of ether oxygens (including phenoxy) is 2. The summed E-state index contributed by atoms with van der Waals surface area (Å²) in [4.78, 5) is 23.9. The average Bonchev–Trinajstić information content (AvgIpc) is 2.26. The maximum absolute atomic E-state index is 11.5. The molecule has 0 aromatic carbocycles. The largest absolute Gasteiger partial charge is 0.469 e. The summed E-state index contributed by atoms with van der Waals surface area (Å²) in [5.41, 5.74) is 0. The Morgan fingerprint density at radius 3 is 2.40 bits per heavy atom. The summed E-state index contributed by atoms with van der Waals surface area (Å²) >= 11 is 0. The highest BCUT2D eigenvalue weighted by molar-refractivity contribution is 5.80. The van der Waals surface area contributed by atoms with Crippen LogP contribution in [0.15, 0.2) is 0 Å². The highest BCUT2D eigenvalue weighted by Gasteiger charge is 2.16. The lowest BCUT2D eigenvalue weighted by Crippen LogP contribution is -2.36. The summed E-state index contributed by atoms with van der Waals surface area (Å²) in [5, 5.41) is 0. The van der Waals surface area contributed by atoms with Crippen molar-refractivity contribution in [1.82, 2.24) is 4.90 Å². The number of hydrogen-bond acceptors (Lipinski definition) is 4. The van der Waals surface area contributed by atoms with Crippen molar-refractivity contribution in [2.75, 3.05) is 27.8 Å². The molecular weight excluding hydrogens is 198 g/mol. The zero-order valence-corrected chi connectivity index (χ0v) is 9.78. The van der Waals surface area contributed by atoms with Gasteiger partial charge in [0, 0.05) is 27.1 Å². The summed E-state index contributed by atoms with van der Waals surface area (Å²) in [6.45, 7) is 2.22. The van der Waals surface area contributed by atoms with E-state index >= 15 is 0 Å². The van der Waals surface area contributed by atoms with Gasteiger partial charge in [-0.3, -0.25) is 9.59 Å². The molecule has 0 spiro atoms. The molecule has 1 amide bonds. The molecule has 0 heterocycles. The fourth-order valence-corrected chi connectivity index (χ4v) is 1.08. The third-order valence-corrected chi connectivity index (χ3v) is 2.18. The summed E-state index contributed by atoms with van der Waals surface area (Å²) in [6.07, 6.45) is 0.494. The van der Waals surface area contributed by atoms with Crippen LogP contribution in [0.1, 0.15) is 19.8 Å². The predicted molar refractivity (Wildman–Crippen MR) is 55.4 cm³/mol. The lowest BCUT2D eigenvalue weighted by Gasteiger charge is -2.20. The van der Waals surface area contributed by atoms with Crippen LogP contribution in [0, 0.1) is 0 Å². The zero-order chi connectivity index (χ0) is 11.8. The summed E-state index contributed by atoms with van der Waals surface area (Å²) < 4.78 is 9.39. The molecule has 15 heavy (non-hydrogen) atoms. The number of esters is 1. The van der Waals surface area contributed by atoms with Crippen LogP contribution in [0.4, 0.5) is 0 Å². The summed E-state index contributed by atoms with van der Waals surface area (Å²) in [6, 6.07) is 0. The van der Waals surface area contributed by atoms with E-state index in [0.29, 0.717) is 19.4 Å². The number of hydrogen-bond donors (Lipinski definition) is 0. The Kier molecular flexibility index (Phi) is 6.70. The Balaban J connectivity index is 3.78. The molecule has 0 aromatic rings. The van der Waals surface area contributed by atoms with Crippen molar-refractivity contribution >= 4 is 11.9 Å². The molecule has 0 aliphatic rings. The molecule has 88 valence electrons. The number of nitrogens with zero attached hydrogens (tertiary/aromatic N) is 1. The molecule has 0 rings (SSSR count). The molecule has 0 N–H and O–H groups in total. The first-order valence-corrected chi connectivity index (χ1v) is 4.87. The highest BCUT2D eigenvalue weighted by atomic mass is 16.5. The Hall–Kier alpha value is -1.10. The highest BCUT2D eigenvalue weighted by Crippen LogP contribution is 1.99. The first-order chi connectivity index (χ1) is 7.02. The number of methoxy groups -OCH3 is 2. The van der Waals surface area contributed by atoms with E-state index in [0.717, 1.165) is 0 Å². The normalized spacial score (nSPS) is 12.0. The van der Waals surface area contributed by atoms with Gasteiger partial charge in [0.15, 0.2) is 0 Å². The predicted octanol–water partition coefficient (Wildman–Crippen LogP) is 0.433. The maximum atomic E-state index is 11.5. The minimum Gasteiger partial charge on any atom is -0.469 e. The molecule has 0 saturated carbocycles. The zero-order valence-electron chi connectivity index (χ0n) is 9.78. The molecule has 0 radical (unpaired) electrons. The van der Waals surface area contributed by atoms with Gasteiger partial charge in [0.05, 0.1) is 7.11 Å². The van der Waals surface area contributed by atoms with Crippen LogP contribution >= 0.6 is 0 Å². The van der Waals surface area contributed by atoms with Crippen molar-refractivity contribution in [2.24, 2.45) is 0 Å². The molecule has 0 bridgehead atoms. The van der Waals surface area contributed by atoms with E-state index < -0.39 is 6.10 Å². The number of likely N-dealkylation sites (N-methyl/N-ethyl adjacent to an activating group) is 1. The molecule has 0 aromatic heterocycles. The van der Waals surface area contributed by atoms with Gasteiger partial charge in [0.2, 0.25) is 0 Å². The second kappa shape index (κ2) is 7.23. The van der Waals surface area contributed by atoms with Gasteiger partial charge in [-0.1, -0.05) is 0 Å². The van der Waals surface area contributed by atoms with Crippen LogP contribution in [-0.2, 0) is 19.1 Å². The molecule has 0 aliphatic carbocycles. The molecule has 5 nitrogen and oxygen atoms in total. The van der Waals surface area contributed by atoms with E-state index in [-0.39, 0.29) is 11.9 Å². The standard InChI is InChI=1S/C10H19NO4/c1-8(14-3)10(13)11(2)7-5-6-9(12)15-4/h8H,5-7H2,1-4H3. The second-order valence-corrected chi connectivity index (χ2v) is 3.32. The van der Waals surface area contributed by atoms with E-state index in [4.69, 9.17) is 4.74 Å². The van der Waals surface area contributed by atoms with Crippen LogP contribution in [0.2, 0.25) is 0 Å². The lowest BCUT2D eigenvalue weighted by molar-refractivity contribution is -0.142. The molecule has 1 atom stereocenters. The maximum Gasteiger partial charge on any atom is 0.305 e. The van der Waals surface area contributed by atoms with E-state index in [1.165, 1.54) is 14.2 Å². The third-order valence-electron chi connectivity index (χ3n) is 2.18. The number of amides is 1. The van der Waals surface area contributed by atoms with Crippen molar-refractivity contribution < 1.29 is 19.1 Å². The molecule has 5 heteroatoms. The molecule has 0 saturated heterocycles. The molecule has 0 aliphatic heterocycles. The molecular formula is C10H19NO4. The smallest absolute Gasteiger partial charge is 0.305 e. The van der Waals surface area contributed by atoms with Crippen LogP contribution in [0.3, 0.4) is 0 Å². The van der Waals surface area contributed by atoms with E-state index in [1.807, 2.05) is 0 Å². The number of carbonyl (C=O) groups excluding carboxylic acids is 2. The second-order valence-electron chi connectivity index (χ2n) is 3.32. The first-order valence-electron chi connectivity index (χ1n) is 4.87. The number of carbonyl (C=O) groups is 2. The van der Waals surface area contributed by atoms with Crippen molar-refractivity contribution in [2.45, 2.75) is 25.9 Å². The minimum atomic E-state index is -0.437. The fourth-order valence-electron chi connectivity index (χ4n) is 1.08. The van der Waals surface area contributed by atoms with Gasteiger partial charge >= 0.3 is 5.97 Å². The topological polar surface area (TPSA) is 55.8 Å². The fraction of sp³-hybridized carbons (Fsp3) is 0.800. The molecule has 0 fully saturated rings. The van der Waals surface area contributed by atoms with Gasteiger partial charge in [-0.05, 0) is 13.3 Å². The van der Waals surface area contributed by atoms with Crippen LogP contribution in [-0.4, -0.2) is 50.7 Å². The minimum absolute atomic E-state index is 0.0811. The van der Waals surface area contributed by atoms with Gasteiger partial charge in [-0.2, -0.15) is 0 Å². The van der Waals surface area contributed by atoms with Crippen LogP contribution in [0.25, 0.3) is 0 Å². The SMILES string of the molecule is COC(=O)CCCN(C)C(=O)C(C)OC. The van der Waals surface area contributed by atoms with Crippen molar-refractivity contribution in [3.8, 4) is 0 Å². The Bertz CT molecular complexity index is 217. The average molecular weight is 217 g/mol. The van der Waals surface area contributed by atoms with Crippen LogP contribution < -0.4 is 0 Å². The van der Waals surface area contributed by atoms with Gasteiger partial charge in [0.1, 0.15) is 6.10 Å². The monoisotopic (exact) mass is 217 g/mol.